The first-order chi connectivity index (χ1) is 9.32. The molecule has 0 amide bonds. The zero-order valence-corrected chi connectivity index (χ0v) is 12.6. The summed E-state index contributed by atoms with van der Waals surface area (Å²) in [5.41, 5.74) is 0.151. The lowest BCUT2D eigenvalue weighted by atomic mass is 9.79. The summed E-state index contributed by atoms with van der Waals surface area (Å²) in [7, 11) is -0.252. The molecule has 2 fully saturated rings. The van der Waals surface area contributed by atoms with Crippen LogP contribution < -0.4 is 0 Å². The molecule has 2 unspecified atom stereocenters. The van der Waals surface area contributed by atoms with E-state index in [-0.39, 0.29) is 35.8 Å². The molecule has 4 heteroatoms. The van der Waals surface area contributed by atoms with Crippen LogP contribution in [0.2, 0.25) is 5.82 Å². The molecule has 20 heavy (non-hydrogen) atoms. The number of carbonyl (C=O) groups is 1. The summed E-state index contributed by atoms with van der Waals surface area (Å²) in [6, 6.07) is 9.48. The van der Waals surface area contributed by atoms with Crippen LogP contribution in [0.3, 0.4) is 0 Å². The van der Waals surface area contributed by atoms with E-state index in [4.69, 9.17) is 9.31 Å². The molecule has 1 heterocycles. The average molecular weight is 272 g/mol. The maximum atomic E-state index is 12.4. The first kappa shape index (κ1) is 13.8. The summed E-state index contributed by atoms with van der Waals surface area (Å²) in [6.07, 6.45) is 0.866. The van der Waals surface area contributed by atoms with Gasteiger partial charge in [0.05, 0.1) is 11.2 Å². The summed E-state index contributed by atoms with van der Waals surface area (Å²) in [4.78, 5) is 12.4. The Balaban J connectivity index is 1.68. The first-order valence-electron chi connectivity index (χ1n) is 7.27. The molecular formula is C16H21BO3. The van der Waals surface area contributed by atoms with Gasteiger partial charge < -0.3 is 9.31 Å². The van der Waals surface area contributed by atoms with Gasteiger partial charge in [-0.2, -0.15) is 0 Å². The number of carbonyl (C=O) groups excluding carboxylic acids is 1. The molecule has 1 aliphatic carbocycles. The van der Waals surface area contributed by atoms with Crippen molar-refractivity contribution in [2.24, 2.45) is 5.92 Å². The van der Waals surface area contributed by atoms with Crippen LogP contribution in [0.4, 0.5) is 0 Å². The third kappa shape index (κ3) is 2.21. The zero-order valence-electron chi connectivity index (χ0n) is 12.6. The minimum absolute atomic E-state index is 0.0482. The summed E-state index contributed by atoms with van der Waals surface area (Å²) < 4.78 is 12.1. The molecule has 1 aliphatic heterocycles. The molecule has 1 aromatic rings. The number of hydrogen-bond acceptors (Lipinski definition) is 3. The molecule has 1 saturated heterocycles. The highest BCUT2D eigenvalue weighted by molar-refractivity contribution is 6.49. The van der Waals surface area contributed by atoms with Gasteiger partial charge in [0.25, 0.3) is 0 Å². The van der Waals surface area contributed by atoms with Crippen molar-refractivity contribution in [2.75, 3.05) is 0 Å². The average Bonchev–Trinajstić information content (AvgIpc) is 3.13. The number of Topliss-reactive ketones (excluding diaryl/α,β-unsaturated/α-hetero) is 1. The van der Waals surface area contributed by atoms with Crippen molar-refractivity contribution in [3.63, 3.8) is 0 Å². The van der Waals surface area contributed by atoms with Crippen molar-refractivity contribution in [1.82, 2.24) is 0 Å². The second-order valence-electron chi connectivity index (χ2n) is 6.86. The van der Waals surface area contributed by atoms with Gasteiger partial charge >= 0.3 is 7.12 Å². The molecule has 0 aromatic heterocycles. The third-order valence-electron chi connectivity index (χ3n) is 4.86. The van der Waals surface area contributed by atoms with Crippen molar-refractivity contribution < 1.29 is 14.1 Å². The predicted molar refractivity (Wildman–Crippen MR) is 78.7 cm³/mol. The van der Waals surface area contributed by atoms with Crippen LogP contribution in [0.1, 0.15) is 44.5 Å². The quantitative estimate of drug-likeness (QED) is 0.625. The van der Waals surface area contributed by atoms with E-state index >= 15 is 0 Å². The molecule has 0 spiro atoms. The standard InChI is InChI=1S/C16H21BO3/c1-15(2)16(3,4)20-17(19-15)13-10-12(13)14(18)11-8-6-5-7-9-11/h5-9,12-13H,10H2,1-4H3. The first-order valence-corrected chi connectivity index (χ1v) is 7.27. The molecule has 1 aromatic carbocycles. The van der Waals surface area contributed by atoms with Gasteiger partial charge in [0.1, 0.15) is 0 Å². The highest BCUT2D eigenvalue weighted by atomic mass is 16.7. The van der Waals surface area contributed by atoms with E-state index in [0.29, 0.717) is 0 Å². The Labute approximate surface area is 120 Å². The highest BCUT2D eigenvalue weighted by Gasteiger charge is 2.61. The van der Waals surface area contributed by atoms with Crippen LogP contribution in [0, 0.1) is 5.92 Å². The SMILES string of the molecule is CC1(C)OB(C2CC2C(=O)c2ccccc2)OC1(C)C. The lowest BCUT2D eigenvalue weighted by Crippen LogP contribution is -2.41. The summed E-state index contributed by atoms with van der Waals surface area (Å²) in [5, 5.41) is 0. The Kier molecular flexibility index (Phi) is 3.07. The zero-order chi connectivity index (χ0) is 14.5. The van der Waals surface area contributed by atoms with E-state index < -0.39 is 0 Å². The second kappa shape index (κ2) is 4.44. The Bertz CT molecular complexity index is 508. The Morgan fingerprint density at radius 3 is 2.20 bits per heavy atom. The third-order valence-corrected chi connectivity index (χ3v) is 4.86. The van der Waals surface area contributed by atoms with Gasteiger partial charge in [-0.25, -0.2) is 0 Å². The highest BCUT2D eigenvalue weighted by Crippen LogP contribution is 2.54. The monoisotopic (exact) mass is 272 g/mol. The number of ketones is 1. The van der Waals surface area contributed by atoms with E-state index in [1.165, 1.54) is 0 Å². The largest absolute Gasteiger partial charge is 0.461 e. The van der Waals surface area contributed by atoms with Gasteiger partial charge in [-0.15, -0.1) is 0 Å². The van der Waals surface area contributed by atoms with Gasteiger partial charge in [0.15, 0.2) is 5.78 Å². The fourth-order valence-electron chi connectivity index (χ4n) is 2.70. The van der Waals surface area contributed by atoms with Crippen molar-refractivity contribution in [2.45, 2.75) is 51.1 Å². The summed E-state index contributed by atoms with van der Waals surface area (Å²) in [6.45, 7) is 8.18. The van der Waals surface area contributed by atoms with Crippen LogP contribution in [0.25, 0.3) is 0 Å². The van der Waals surface area contributed by atoms with Crippen molar-refractivity contribution in [3.05, 3.63) is 35.9 Å². The van der Waals surface area contributed by atoms with Gasteiger partial charge in [-0.05, 0) is 34.1 Å². The fraction of sp³-hybridized carbons (Fsp3) is 0.562. The van der Waals surface area contributed by atoms with Gasteiger partial charge in [0, 0.05) is 17.3 Å². The smallest absolute Gasteiger partial charge is 0.403 e. The van der Waals surface area contributed by atoms with Gasteiger partial charge in [-0.3, -0.25) is 4.79 Å². The molecule has 0 bridgehead atoms. The lowest BCUT2D eigenvalue weighted by Gasteiger charge is -2.32. The van der Waals surface area contributed by atoms with Crippen LogP contribution in [0.5, 0.6) is 0 Å². The normalized spacial score (nSPS) is 30.3. The lowest BCUT2D eigenvalue weighted by molar-refractivity contribution is 0.00578. The van der Waals surface area contributed by atoms with Crippen LogP contribution in [0.15, 0.2) is 30.3 Å². The molecular weight excluding hydrogens is 251 g/mol. The van der Waals surface area contributed by atoms with E-state index in [0.717, 1.165) is 12.0 Å². The molecule has 1 saturated carbocycles. The number of rotatable bonds is 3. The second-order valence-corrected chi connectivity index (χ2v) is 6.86. The number of benzene rings is 1. The van der Waals surface area contributed by atoms with E-state index in [1.54, 1.807) is 0 Å². The van der Waals surface area contributed by atoms with Crippen LogP contribution in [-0.2, 0) is 9.31 Å². The minimum atomic E-state index is -0.319. The van der Waals surface area contributed by atoms with E-state index in [9.17, 15) is 4.79 Å². The van der Waals surface area contributed by atoms with E-state index in [2.05, 4.69) is 0 Å². The van der Waals surface area contributed by atoms with E-state index in [1.807, 2.05) is 58.0 Å². The van der Waals surface area contributed by atoms with Crippen molar-refractivity contribution >= 4 is 12.9 Å². The number of hydrogen-bond donors (Lipinski definition) is 0. The summed E-state index contributed by atoms with van der Waals surface area (Å²) >= 11 is 0. The fourth-order valence-corrected chi connectivity index (χ4v) is 2.70. The minimum Gasteiger partial charge on any atom is -0.403 e. The van der Waals surface area contributed by atoms with Gasteiger partial charge in [0.2, 0.25) is 0 Å². The molecule has 0 N–H and O–H groups in total. The Morgan fingerprint density at radius 1 is 1.10 bits per heavy atom. The molecule has 106 valence electrons. The van der Waals surface area contributed by atoms with Gasteiger partial charge in [-0.1, -0.05) is 30.3 Å². The molecule has 3 rings (SSSR count). The van der Waals surface area contributed by atoms with Crippen molar-refractivity contribution in [3.8, 4) is 0 Å². The molecule has 0 radical (unpaired) electrons. The van der Waals surface area contributed by atoms with Crippen LogP contribution in [-0.4, -0.2) is 24.1 Å². The predicted octanol–water partition coefficient (Wildman–Crippen LogP) is 3.35. The summed E-state index contributed by atoms with van der Waals surface area (Å²) in [5.74, 6) is 0.459. The maximum absolute atomic E-state index is 12.4. The van der Waals surface area contributed by atoms with Crippen LogP contribution >= 0.6 is 0 Å². The Morgan fingerprint density at radius 2 is 1.65 bits per heavy atom. The molecule has 2 aliphatic rings. The maximum Gasteiger partial charge on any atom is 0.461 e. The topological polar surface area (TPSA) is 35.5 Å². The molecule has 3 nitrogen and oxygen atoms in total. The molecule has 2 atom stereocenters. The van der Waals surface area contributed by atoms with Crippen molar-refractivity contribution in [1.29, 1.82) is 0 Å². The Hall–Kier alpha value is -1.13.